The first-order valence-corrected chi connectivity index (χ1v) is 9.85. The Hall–Kier alpha value is -2.40. The number of hydrogen-bond donors (Lipinski definition) is 1. The van der Waals surface area contributed by atoms with Crippen LogP contribution in [0.4, 0.5) is 4.39 Å². The molecule has 2 aromatic carbocycles. The number of halogens is 2. The van der Waals surface area contributed by atoms with E-state index in [4.69, 9.17) is 16.4 Å². The van der Waals surface area contributed by atoms with Gasteiger partial charge in [-0.1, -0.05) is 60.9 Å². The van der Waals surface area contributed by atoms with Crippen molar-refractivity contribution in [1.29, 1.82) is 0 Å². The first kappa shape index (κ1) is 20.3. The second-order valence-electron chi connectivity index (χ2n) is 7.14. The Morgan fingerprint density at radius 3 is 2.57 bits per heavy atom. The molecule has 1 N–H and O–H groups in total. The number of nitrogens with zero attached hydrogens (tertiary/aromatic N) is 1. The van der Waals surface area contributed by atoms with Crippen LogP contribution >= 0.6 is 11.6 Å². The summed E-state index contributed by atoms with van der Waals surface area (Å²) in [4.78, 5) is 17.8. The number of carbonyl (C=O) groups excluding carboxylic acids is 1. The molecule has 0 fully saturated rings. The summed E-state index contributed by atoms with van der Waals surface area (Å²) in [6, 6.07) is 12.5. The van der Waals surface area contributed by atoms with Crippen molar-refractivity contribution >= 4 is 23.2 Å². The van der Waals surface area contributed by atoms with E-state index >= 15 is 0 Å². The predicted octanol–water partition coefficient (Wildman–Crippen LogP) is 5.36. The summed E-state index contributed by atoms with van der Waals surface area (Å²) in [6.45, 7) is 6.27. The van der Waals surface area contributed by atoms with Crippen LogP contribution in [0.3, 0.4) is 0 Å². The number of rotatable bonds is 6. The van der Waals surface area contributed by atoms with E-state index in [2.05, 4.69) is 36.5 Å². The van der Waals surface area contributed by atoms with Gasteiger partial charge in [-0.05, 0) is 42.5 Å². The number of nitrogens with one attached hydrogen (secondary N) is 1. The number of amides is 1. The van der Waals surface area contributed by atoms with Gasteiger partial charge in [-0.15, -0.1) is 0 Å². The number of carbonyl (C=O) groups is 1. The molecular formula is C22H24ClFN2O2. The highest BCUT2D eigenvalue weighted by atomic mass is 35.5. The van der Waals surface area contributed by atoms with Gasteiger partial charge >= 0.3 is 0 Å². The fourth-order valence-electron chi connectivity index (χ4n) is 3.18. The Balaban J connectivity index is 1.61. The lowest BCUT2D eigenvalue weighted by atomic mass is 9.96. The van der Waals surface area contributed by atoms with E-state index in [1.165, 1.54) is 17.7 Å². The smallest absolute Gasteiger partial charge is 0.264 e. The van der Waals surface area contributed by atoms with Gasteiger partial charge in [-0.25, -0.2) is 4.39 Å². The summed E-state index contributed by atoms with van der Waals surface area (Å²) < 4.78 is 14.1. The number of benzene rings is 2. The normalized spacial score (nSPS) is 18.2. The van der Waals surface area contributed by atoms with Crippen molar-refractivity contribution in [3.63, 3.8) is 0 Å². The summed E-state index contributed by atoms with van der Waals surface area (Å²) in [5, 5.41) is 7.07. The van der Waals surface area contributed by atoms with E-state index in [0.717, 1.165) is 12.0 Å². The Morgan fingerprint density at radius 2 is 1.93 bits per heavy atom. The van der Waals surface area contributed by atoms with E-state index in [9.17, 15) is 9.18 Å². The highest BCUT2D eigenvalue weighted by molar-refractivity contribution is 6.34. The Kier molecular flexibility index (Phi) is 6.35. The van der Waals surface area contributed by atoms with Gasteiger partial charge in [0, 0.05) is 6.42 Å². The average molecular weight is 403 g/mol. The molecule has 0 saturated heterocycles. The molecule has 0 aromatic heterocycles. The molecule has 148 valence electrons. The van der Waals surface area contributed by atoms with Crippen molar-refractivity contribution in [3.8, 4) is 0 Å². The van der Waals surface area contributed by atoms with Gasteiger partial charge in [0.2, 0.25) is 6.10 Å². The molecule has 0 spiro atoms. The largest absolute Gasteiger partial charge is 0.382 e. The quantitative estimate of drug-likeness (QED) is 0.706. The maximum absolute atomic E-state index is 14.1. The van der Waals surface area contributed by atoms with Crippen molar-refractivity contribution < 1.29 is 14.0 Å². The van der Waals surface area contributed by atoms with Crippen LogP contribution in [0.5, 0.6) is 0 Å². The van der Waals surface area contributed by atoms with Gasteiger partial charge < -0.3 is 10.2 Å². The van der Waals surface area contributed by atoms with E-state index in [1.807, 2.05) is 19.1 Å². The zero-order valence-corrected chi connectivity index (χ0v) is 17.0. The molecule has 0 radical (unpaired) electrons. The summed E-state index contributed by atoms with van der Waals surface area (Å²) in [7, 11) is 0. The lowest BCUT2D eigenvalue weighted by molar-refractivity contribution is -0.131. The fraction of sp³-hybridized carbons (Fsp3) is 0.364. The van der Waals surface area contributed by atoms with Crippen molar-refractivity contribution in [1.82, 2.24) is 5.32 Å². The van der Waals surface area contributed by atoms with Gasteiger partial charge in [0.1, 0.15) is 5.82 Å². The molecule has 4 nitrogen and oxygen atoms in total. The number of oxime groups is 1. The second kappa shape index (κ2) is 8.74. The van der Waals surface area contributed by atoms with Crippen LogP contribution < -0.4 is 5.32 Å². The molecule has 0 aliphatic carbocycles. The topological polar surface area (TPSA) is 50.7 Å². The first-order chi connectivity index (χ1) is 13.4. The van der Waals surface area contributed by atoms with Gasteiger partial charge in [0.15, 0.2) is 0 Å². The average Bonchev–Trinajstić information content (AvgIpc) is 3.17. The Bertz CT molecular complexity index is 862. The minimum absolute atomic E-state index is 0.173. The molecule has 6 heteroatoms. The standard InChI is InChI=1S/C22H24ClFN2O2/c1-4-13(2)15-8-10-16(11-9-15)14(3)25-22(27)20-12-19(26-28-20)21-17(23)6-5-7-18(21)24/h5-11,13-14,20H,4,12H2,1-3H3,(H,25,27). The van der Waals surface area contributed by atoms with Crippen molar-refractivity contribution in [3.05, 3.63) is 70.0 Å². The highest BCUT2D eigenvalue weighted by Crippen LogP contribution is 2.26. The minimum atomic E-state index is -0.799. The molecule has 3 unspecified atom stereocenters. The van der Waals surface area contributed by atoms with Crippen LogP contribution in [0.15, 0.2) is 47.6 Å². The monoisotopic (exact) mass is 402 g/mol. The first-order valence-electron chi connectivity index (χ1n) is 9.48. The molecule has 0 saturated carbocycles. The molecule has 1 aliphatic heterocycles. The zero-order valence-electron chi connectivity index (χ0n) is 16.2. The molecule has 1 heterocycles. The molecule has 2 aromatic rings. The molecular weight excluding hydrogens is 379 g/mol. The number of hydrogen-bond acceptors (Lipinski definition) is 3. The van der Waals surface area contributed by atoms with Crippen molar-refractivity contribution in [2.75, 3.05) is 0 Å². The summed E-state index contributed by atoms with van der Waals surface area (Å²) in [5.41, 5.74) is 2.82. The molecule has 1 aliphatic rings. The third kappa shape index (κ3) is 4.36. The van der Waals surface area contributed by atoms with Crippen molar-refractivity contribution in [2.24, 2.45) is 5.16 Å². The summed E-state index contributed by atoms with van der Waals surface area (Å²) in [5.74, 6) is -0.262. The lowest BCUT2D eigenvalue weighted by Crippen LogP contribution is -2.36. The van der Waals surface area contributed by atoms with E-state index in [0.29, 0.717) is 11.6 Å². The lowest BCUT2D eigenvalue weighted by Gasteiger charge is -2.17. The van der Waals surface area contributed by atoms with Gasteiger partial charge in [0.05, 0.1) is 22.3 Å². The maximum atomic E-state index is 14.1. The fourth-order valence-corrected chi connectivity index (χ4v) is 3.45. The second-order valence-corrected chi connectivity index (χ2v) is 7.55. The Labute approximate surface area is 169 Å². The van der Waals surface area contributed by atoms with Crippen LogP contribution in [0.1, 0.15) is 62.3 Å². The van der Waals surface area contributed by atoms with Crippen LogP contribution in [0.25, 0.3) is 0 Å². The summed E-state index contributed by atoms with van der Waals surface area (Å²) >= 11 is 6.07. The van der Waals surface area contributed by atoms with Crippen LogP contribution in [0.2, 0.25) is 5.02 Å². The molecule has 0 bridgehead atoms. The van der Waals surface area contributed by atoms with Gasteiger partial charge in [-0.2, -0.15) is 0 Å². The predicted molar refractivity (Wildman–Crippen MR) is 109 cm³/mol. The van der Waals surface area contributed by atoms with Gasteiger partial charge in [-0.3, -0.25) is 4.79 Å². The minimum Gasteiger partial charge on any atom is -0.382 e. The maximum Gasteiger partial charge on any atom is 0.264 e. The van der Waals surface area contributed by atoms with Crippen LogP contribution in [0, 0.1) is 5.82 Å². The molecule has 3 rings (SSSR count). The van der Waals surface area contributed by atoms with Crippen LogP contribution in [-0.4, -0.2) is 17.7 Å². The van der Waals surface area contributed by atoms with E-state index in [1.54, 1.807) is 6.07 Å². The van der Waals surface area contributed by atoms with Crippen LogP contribution in [-0.2, 0) is 9.63 Å². The third-order valence-corrected chi connectivity index (χ3v) is 5.50. The van der Waals surface area contributed by atoms with Gasteiger partial charge in [0.25, 0.3) is 5.91 Å². The van der Waals surface area contributed by atoms with Crippen molar-refractivity contribution in [2.45, 2.75) is 51.7 Å². The van der Waals surface area contributed by atoms with E-state index < -0.39 is 11.9 Å². The molecule has 3 atom stereocenters. The molecule has 1 amide bonds. The molecule has 28 heavy (non-hydrogen) atoms. The van der Waals surface area contributed by atoms with E-state index in [-0.39, 0.29) is 29.0 Å². The third-order valence-electron chi connectivity index (χ3n) is 5.19. The SMILES string of the molecule is CCC(C)c1ccc(C(C)NC(=O)C2CC(c3c(F)cccc3Cl)=NO2)cc1. The highest BCUT2D eigenvalue weighted by Gasteiger charge is 2.31. The zero-order chi connectivity index (χ0) is 20.3. The summed E-state index contributed by atoms with van der Waals surface area (Å²) in [6.07, 6.45) is 0.457. The Morgan fingerprint density at radius 1 is 1.25 bits per heavy atom.